The van der Waals surface area contributed by atoms with Crippen molar-refractivity contribution >= 4 is 35.0 Å². The molecule has 0 saturated carbocycles. The van der Waals surface area contributed by atoms with Gasteiger partial charge >= 0.3 is 0 Å². The number of benzene rings is 1. The molecule has 0 N–H and O–H groups in total. The van der Waals surface area contributed by atoms with Crippen molar-refractivity contribution in [3.05, 3.63) is 52.2 Å². The second-order valence-corrected chi connectivity index (χ2v) is 9.67. The average molecular weight is 440 g/mol. The maximum atomic E-state index is 12.9. The Labute approximate surface area is 184 Å². The van der Waals surface area contributed by atoms with Crippen molar-refractivity contribution in [1.29, 1.82) is 0 Å². The minimum atomic E-state index is 0.166. The monoisotopic (exact) mass is 439 g/mol. The molecular weight excluding hydrogens is 414 g/mol. The van der Waals surface area contributed by atoms with Crippen molar-refractivity contribution < 1.29 is 4.79 Å². The van der Waals surface area contributed by atoms with E-state index < -0.39 is 0 Å². The smallest absolute Gasteiger partial charge is 0.233 e. The van der Waals surface area contributed by atoms with Crippen molar-refractivity contribution in [2.24, 2.45) is 0 Å². The number of nitrogens with zero attached hydrogens (tertiary/aromatic N) is 5. The molecule has 1 amide bonds. The lowest BCUT2D eigenvalue weighted by Gasteiger charge is -2.28. The fourth-order valence-electron chi connectivity index (χ4n) is 4.14. The highest BCUT2D eigenvalue weighted by molar-refractivity contribution is 7.99. The largest absolute Gasteiger partial charge is 0.341 e. The van der Waals surface area contributed by atoms with E-state index in [4.69, 9.17) is 0 Å². The fraction of sp³-hybridized carbons (Fsp3) is 0.409. The van der Waals surface area contributed by atoms with Gasteiger partial charge in [-0.15, -0.1) is 21.5 Å². The van der Waals surface area contributed by atoms with Gasteiger partial charge in [-0.1, -0.05) is 30.0 Å². The number of piperidine rings is 1. The molecule has 30 heavy (non-hydrogen) atoms. The van der Waals surface area contributed by atoms with Crippen molar-refractivity contribution in [2.45, 2.75) is 37.4 Å². The van der Waals surface area contributed by atoms with E-state index in [1.54, 1.807) is 11.3 Å². The van der Waals surface area contributed by atoms with Crippen molar-refractivity contribution in [3.8, 4) is 5.69 Å². The standard InChI is InChI=1S/C22H25N5OS2/c28-20(26-13-9-19-17(15-26)10-14-29-19)16-30-22-24-23-21(25-11-5-2-6-12-25)27(22)18-7-3-1-4-8-18/h1,3-4,7-8,10,14H,2,5-6,9,11-13,15-16H2. The van der Waals surface area contributed by atoms with Crippen LogP contribution in [-0.4, -0.2) is 51.0 Å². The highest BCUT2D eigenvalue weighted by Gasteiger charge is 2.24. The molecular formula is C22H25N5OS2. The first kappa shape index (κ1) is 19.6. The molecule has 1 saturated heterocycles. The molecule has 0 atom stereocenters. The fourth-order valence-corrected chi connectivity index (χ4v) is 5.88. The summed E-state index contributed by atoms with van der Waals surface area (Å²) in [6, 6.07) is 12.4. The molecule has 5 rings (SSSR count). The second kappa shape index (κ2) is 8.81. The lowest BCUT2D eigenvalue weighted by molar-refractivity contribution is -0.129. The van der Waals surface area contributed by atoms with Crippen LogP contribution in [0.25, 0.3) is 5.69 Å². The summed E-state index contributed by atoms with van der Waals surface area (Å²) in [4.78, 5) is 18.6. The number of aromatic nitrogens is 3. The number of hydrogen-bond acceptors (Lipinski definition) is 6. The molecule has 6 nitrogen and oxygen atoms in total. The van der Waals surface area contributed by atoms with Crippen LogP contribution >= 0.6 is 23.1 Å². The molecule has 0 radical (unpaired) electrons. The van der Waals surface area contributed by atoms with Gasteiger partial charge in [0.1, 0.15) is 0 Å². The van der Waals surface area contributed by atoms with E-state index in [0.717, 1.165) is 49.4 Å². The number of para-hydroxylation sites is 1. The molecule has 0 spiro atoms. The minimum absolute atomic E-state index is 0.166. The number of amides is 1. The van der Waals surface area contributed by atoms with Crippen molar-refractivity contribution in [3.63, 3.8) is 0 Å². The summed E-state index contributed by atoms with van der Waals surface area (Å²) < 4.78 is 2.11. The predicted molar refractivity (Wildman–Crippen MR) is 122 cm³/mol. The number of hydrogen-bond donors (Lipinski definition) is 0. The zero-order chi connectivity index (χ0) is 20.3. The molecule has 2 aromatic heterocycles. The SMILES string of the molecule is O=C(CSc1nnc(N2CCCCC2)n1-c1ccccc1)N1CCc2sccc2C1. The van der Waals surface area contributed by atoms with Crippen LogP contribution in [-0.2, 0) is 17.8 Å². The van der Waals surface area contributed by atoms with Gasteiger partial charge in [0, 0.05) is 31.1 Å². The van der Waals surface area contributed by atoms with Gasteiger partial charge in [0.05, 0.1) is 11.4 Å². The molecule has 1 fully saturated rings. The first-order valence-corrected chi connectivity index (χ1v) is 12.4. The summed E-state index contributed by atoms with van der Waals surface area (Å²) in [5.41, 5.74) is 2.34. The van der Waals surface area contributed by atoms with Crippen LogP contribution in [0.15, 0.2) is 46.9 Å². The third-order valence-corrected chi connectivity index (χ3v) is 7.69. The van der Waals surface area contributed by atoms with Gasteiger partial charge in [0.15, 0.2) is 5.16 Å². The Morgan fingerprint density at radius 3 is 2.70 bits per heavy atom. The Hall–Kier alpha value is -2.32. The van der Waals surface area contributed by atoms with Crippen LogP contribution in [0.1, 0.15) is 29.7 Å². The maximum absolute atomic E-state index is 12.9. The number of thiophene rings is 1. The van der Waals surface area contributed by atoms with Crippen LogP contribution in [0.4, 0.5) is 5.95 Å². The molecule has 1 aromatic carbocycles. The van der Waals surface area contributed by atoms with Gasteiger partial charge in [-0.05, 0) is 54.8 Å². The summed E-state index contributed by atoms with van der Waals surface area (Å²) >= 11 is 3.28. The Morgan fingerprint density at radius 2 is 1.87 bits per heavy atom. The lowest BCUT2D eigenvalue weighted by Crippen LogP contribution is -2.36. The number of anilines is 1. The molecule has 0 aliphatic carbocycles. The lowest BCUT2D eigenvalue weighted by atomic mass is 10.1. The molecule has 4 heterocycles. The van der Waals surface area contributed by atoms with Crippen LogP contribution in [0, 0.1) is 0 Å². The first-order valence-electron chi connectivity index (χ1n) is 10.5. The van der Waals surface area contributed by atoms with Crippen molar-refractivity contribution in [1.82, 2.24) is 19.7 Å². The summed E-state index contributed by atoms with van der Waals surface area (Å²) in [5, 5.41) is 11.9. The second-order valence-electron chi connectivity index (χ2n) is 7.72. The number of fused-ring (bicyclic) bond motifs is 1. The first-order chi connectivity index (χ1) is 14.8. The summed E-state index contributed by atoms with van der Waals surface area (Å²) in [7, 11) is 0. The third kappa shape index (κ3) is 3.98. The van der Waals surface area contributed by atoms with Crippen LogP contribution in [0.2, 0.25) is 0 Å². The van der Waals surface area contributed by atoms with Crippen LogP contribution < -0.4 is 4.90 Å². The van der Waals surface area contributed by atoms with Gasteiger partial charge in [-0.25, -0.2) is 0 Å². The topological polar surface area (TPSA) is 54.3 Å². The van der Waals surface area contributed by atoms with E-state index in [-0.39, 0.29) is 5.91 Å². The van der Waals surface area contributed by atoms with E-state index in [1.807, 2.05) is 23.1 Å². The Balaban J connectivity index is 1.34. The number of carbonyl (C=O) groups is 1. The average Bonchev–Trinajstić information content (AvgIpc) is 3.45. The quantitative estimate of drug-likeness (QED) is 0.563. The zero-order valence-electron chi connectivity index (χ0n) is 16.9. The van der Waals surface area contributed by atoms with Crippen LogP contribution in [0.3, 0.4) is 0 Å². The summed E-state index contributed by atoms with van der Waals surface area (Å²) in [6.45, 7) is 3.54. The number of carbonyl (C=O) groups excluding carboxylic acids is 1. The zero-order valence-corrected chi connectivity index (χ0v) is 18.5. The van der Waals surface area contributed by atoms with E-state index in [9.17, 15) is 4.79 Å². The van der Waals surface area contributed by atoms with E-state index in [2.05, 4.69) is 43.2 Å². The van der Waals surface area contributed by atoms with E-state index in [0.29, 0.717) is 5.75 Å². The highest BCUT2D eigenvalue weighted by atomic mass is 32.2. The normalized spacial score (nSPS) is 16.5. The van der Waals surface area contributed by atoms with Crippen molar-refractivity contribution in [2.75, 3.05) is 30.3 Å². The van der Waals surface area contributed by atoms with Gasteiger partial charge in [0.2, 0.25) is 11.9 Å². The number of rotatable bonds is 5. The predicted octanol–water partition coefficient (Wildman–Crippen LogP) is 4.00. The third-order valence-electron chi connectivity index (χ3n) is 5.75. The van der Waals surface area contributed by atoms with E-state index in [1.165, 1.54) is 41.5 Å². The summed E-state index contributed by atoms with van der Waals surface area (Å²) in [5.74, 6) is 1.43. The molecule has 2 aliphatic rings. The van der Waals surface area contributed by atoms with Gasteiger partial charge in [0.25, 0.3) is 0 Å². The molecule has 0 bridgehead atoms. The Bertz CT molecular complexity index is 1010. The minimum Gasteiger partial charge on any atom is -0.341 e. The maximum Gasteiger partial charge on any atom is 0.233 e. The highest BCUT2D eigenvalue weighted by Crippen LogP contribution is 2.29. The Kier molecular flexibility index (Phi) is 5.77. The molecule has 8 heteroatoms. The summed E-state index contributed by atoms with van der Waals surface area (Å²) in [6.07, 6.45) is 4.60. The number of thioether (sulfide) groups is 1. The molecule has 0 unspecified atom stereocenters. The Morgan fingerprint density at radius 1 is 1.03 bits per heavy atom. The molecule has 2 aliphatic heterocycles. The molecule has 156 valence electrons. The van der Waals surface area contributed by atoms with Gasteiger partial charge in [-0.3, -0.25) is 9.36 Å². The van der Waals surface area contributed by atoms with E-state index >= 15 is 0 Å². The van der Waals surface area contributed by atoms with Crippen LogP contribution in [0.5, 0.6) is 0 Å². The van der Waals surface area contributed by atoms with Gasteiger partial charge < -0.3 is 9.80 Å². The molecule has 3 aromatic rings. The van der Waals surface area contributed by atoms with Gasteiger partial charge in [-0.2, -0.15) is 0 Å².